The minimum Gasteiger partial charge on any atom is -0.496 e. The van der Waals surface area contributed by atoms with Crippen molar-refractivity contribution in [3.63, 3.8) is 0 Å². The van der Waals surface area contributed by atoms with Crippen LogP contribution in [0.5, 0.6) is 5.75 Å². The van der Waals surface area contributed by atoms with Crippen molar-refractivity contribution in [2.75, 3.05) is 26.7 Å². The summed E-state index contributed by atoms with van der Waals surface area (Å²) in [6.45, 7) is 6.25. The minimum atomic E-state index is 0. The molecule has 2 rings (SSSR count). The van der Waals surface area contributed by atoms with Crippen LogP contribution < -0.4 is 10.5 Å². The Balaban J connectivity index is 0.00000162. The number of rotatable bonds is 4. The van der Waals surface area contributed by atoms with Gasteiger partial charge in [0.15, 0.2) is 0 Å². The van der Waals surface area contributed by atoms with Crippen LogP contribution in [0, 0.1) is 12.8 Å². The Morgan fingerprint density at radius 1 is 1.44 bits per heavy atom. The van der Waals surface area contributed by atoms with Gasteiger partial charge in [-0.15, -0.1) is 12.4 Å². The molecule has 0 saturated carbocycles. The normalized spacial score (nSPS) is 19.6. The first-order valence-electron chi connectivity index (χ1n) is 6.29. The Bertz CT molecular complexity index is 384. The summed E-state index contributed by atoms with van der Waals surface area (Å²) in [7, 11) is 1.72. The SMILES string of the molecule is COc1ccc(CN2CCC(CN)C2)cc1C.Cl. The van der Waals surface area contributed by atoms with Gasteiger partial charge in [0.05, 0.1) is 7.11 Å². The molecule has 102 valence electrons. The van der Waals surface area contributed by atoms with Crippen molar-refractivity contribution in [1.29, 1.82) is 0 Å². The van der Waals surface area contributed by atoms with Gasteiger partial charge in [-0.1, -0.05) is 12.1 Å². The van der Waals surface area contributed by atoms with E-state index in [2.05, 4.69) is 30.0 Å². The lowest BCUT2D eigenvalue weighted by Crippen LogP contribution is -2.22. The van der Waals surface area contributed by atoms with Crippen LogP contribution in [0.1, 0.15) is 17.5 Å². The van der Waals surface area contributed by atoms with E-state index >= 15 is 0 Å². The molecule has 0 spiro atoms. The third-order valence-corrected chi connectivity index (χ3v) is 3.57. The predicted octanol–water partition coefficient (Wildman–Crippen LogP) is 2.21. The molecule has 1 aromatic rings. The van der Waals surface area contributed by atoms with Gasteiger partial charge in [-0.2, -0.15) is 0 Å². The van der Waals surface area contributed by atoms with Crippen molar-refractivity contribution in [2.24, 2.45) is 11.7 Å². The fourth-order valence-corrected chi connectivity index (χ4v) is 2.55. The van der Waals surface area contributed by atoms with Crippen LogP contribution in [-0.2, 0) is 6.54 Å². The monoisotopic (exact) mass is 270 g/mol. The van der Waals surface area contributed by atoms with Gasteiger partial charge in [0.25, 0.3) is 0 Å². The maximum absolute atomic E-state index is 5.71. The lowest BCUT2D eigenvalue weighted by Gasteiger charge is -2.16. The molecular formula is C14H23ClN2O. The first-order valence-corrected chi connectivity index (χ1v) is 6.29. The van der Waals surface area contributed by atoms with E-state index < -0.39 is 0 Å². The molecule has 1 aliphatic rings. The number of methoxy groups -OCH3 is 1. The smallest absolute Gasteiger partial charge is 0.121 e. The molecular weight excluding hydrogens is 248 g/mol. The summed E-state index contributed by atoms with van der Waals surface area (Å²) in [5, 5.41) is 0. The Kier molecular flexibility index (Phi) is 5.93. The first kappa shape index (κ1) is 15.3. The highest BCUT2D eigenvalue weighted by Gasteiger charge is 2.20. The molecule has 0 radical (unpaired) electrons. The van der Waals surface area contributed by atoms with Crippen molar-refractivity contribution < 1.29 is 4.74 Å². The van der Waals surface area contributed by atoms with Gasteiger partial charge in [-0.25, -0.2) is 0 Å². The van der Waals surface area contributed by atoms with Gasteiger partial charge in [0.1, 0.15) is 5.75 Å². The molecule has 1 aromatic carbocycles. The summed E-state index contributed by atoms with van der Waals surface area (Å²) in [5.41, 5.74) is 8.28. The number of ether oxygens (including phenoxy) is 1. The summed E-state index contributed by atoms with van der Waals surface area (Å²) in [5.74, 6) is 1.66. The number of hydrogen-bond acceptors (Lipinski definition) is 3. The molecule has 1 heterocycles. The van der Waals surface area contributed by atoms with Crippen LogP contribution in [0.3, 0.4) is 0 Å². The van der Waals surface area contributed by atoms with E-state index in [9.17, 15) is 0 Å². The molecule has 1 aliphatic heterocycles. The zero-order valence-corrected chi connectivity index (χ0v) is 12.0. The van der Waals surface area contributed by atoms with Crippen LogP contribution >= 0.6 is 12.4 Å². The Hall–Kier alpha value is -0.770. The van der Waals surface area contributed by atoms with Gasteiger partial charge in [-0.3, -0.25) is 4.90 Å². The van der Waals surface area contributed by atoms with E-state index in [0.29, 0.717) is 5.92 Å². The van der Waals surface area contributed by atoms with Crippen LogP contribution in [0.2, 0.25) is 0 Å². The molecule has 0 amide bonds. The number of nitrogens with two attached hydrogens (primary N) is 1. The average molecular weight is 271 g/mol. The number of benzene rings is 1. The van der Waals surface area contributed by atoms with Gasteiger partial charge in [0, 0.05) is 13.1 Å². The number of hydrogen-bond donors (Lipinski definition) is 1. The fraction of sp³-hybridized carbons (Fsp3) is 0.571. The third-order valence-electron chi connectivity index (χ3n) is 3.57. The second-order valence-electron chi connectivity index (χ2n) is 4.93. The summed E-state index contributed by atoms with van der Waals surface area (Å²) < 4.78 is 5.27. The van der Waals surface area contributed by atoms with Gasteiger partial charge in [-0.05, 0) is 49.5 Å². The molecule has 1 fully saturated rings. The highest BCUT2D eigenvalue weighted by atomic mass is 35.5. The summed E-state index contributed by atoms with van der Waals surface area (Å²) >= 11 is 0. The number of nitrogens with zero attached hydrogens (tertiary/aromatic N) is 1. The molecule has 1 saturated heterocycles. The molecule has 1 unspecified atom stereocenters. The first-order chi connectivity index (χ1) is 8.22. The summed E-state index contributed by atoms with van der Waals surface area (Å²) in [6, 6.07) is 6.43. The van der Waals surface area contributed by atoms with Crippen LogP contribution in [0.25, 0.3) is 0 Å². The lowest BCUT2D eigenvalue weighted by atomic mass is 10.1. The van der Waals surface area contributed by atoms with Gasteiger partial charge in [0.2, 0.25) is 0 Å². The number of likely N-dealkylation sites (tertiary alicyclic amines) is 1. The van der Waals surface area contributed by atoms with Gasteiger partial charge >= 0.3 is 0 Å². The van der Waals surface area contributed by atoms with E-state index in [0.717, 1.165) is 25.4 Å². The molecule has 0 aliphatic carbocycles. The third kappa shape index (κ3) is 3.61. The largest absolute Gasteiger partial charge is 0.496 e. The molecule has 1 atom stereocenters. The van der Waals surface area contributed by atoms with Crippen LogP contribution in [0.15, 0.2) is 18.2 Å². The fourth-order valence-electron chi connectivity index (χ4n) is 2.55. The van der Waals surface area contributed by atoms with E-state index in [1.54, 1.807) is 7.11 Å². The van der Waals surface area contributed by atoms with Crippen LogP contribution in [-0.4, -0.2) is 31.6 Å². The zero-order chi connectivity index (χ0) is 12.3. The second kappa shape index (κ2) is 6.98. The maximum Gasteiger partial charge on any atom is 0.121 e. The van der Waals surface area contributed by atoms with Crippen LogP contribution in [0.4, 0.5) is 0 Å². The molecule has 0 aromatic heterocycles. The van der Waals surface area contributed by atoms with E-state index in [4.69, 9.17) is 10.5 Å². The Morgan fingerprint density at radius 2 is 2.22 bits per heavy atom. The molecule has 0 bridgehead atoms. The molecule has 4 heteroatoms. The minimum absolute atomic E-state index is 0. The molecule has 18 heavy (non-hydrogen) atoms. The summed E-state index contributed by atoms with van der Waals surface area (Å²) in [6.07, 6.45) is 1.24. The van der Waals surface area contributed by atoms with Gasteiger partial charge < -0.3 is 10.5 Å². The van der Waals surface area contributed by atoms with Crippen molar-refractivity contribution in [3.05, 3.63) is 29.3 Å². The highest BCUT2D eigenvalue weighted by molar-refractivity contribution is 5.85. The number of halogens is 1. The Labute approximate surface area is 116 Å². The quantitative estimate of drug-likeness (QED) is 0.912. The van der Waals surface area contributed by atoms with Crippen molar-refractivity contribution in [3.8, 4) is 5.75 Å². The topological polar surface area (TPSA) is 38.5 Å². The number of aryl methyl sites for hydroxylation is 1. The van der Waals surface area contributed by atoms with Crippen molar-refractivity contribution in [2.45, 2.75) is 19.9 Å². The van der Waals surface area contributed by atoms with E-state index in [1.165, 1.54) is 24.1 Å². The maximum atomic E-state index is 5.71. The second-order valence-corrected chi connectivity index (χ2v) is 4.93. The standard InChI is InChI=1S/C14H22N2O.ClH/c1-11-7-12(3-4-14(11)17-2)9-16-6-5-13(8-15)10-16;/h3-4,7,13H,5-6,8-10,15H2,1-2H3;1H. The molecule has 3 nitrogen and oxygen atoms in total. The van der Waals surface area contributed by atoms with E-state index in [-0.39, 0.29) is 12.4 Å². The van der Waals surface area contributed by atoms with Crippen molar-refractivity contribution in [1.82, 2.24) is 4.90 Å². The lowest BCUT2D eigenvalue weighted by molar-refractivity contribution is 0.317. The van der Waals surface area contributed by atoms with E-state index in [1.807, 2.05) is 0 Å². The van der Waals surface area contributed by atoms with Crippen molar-refractivity contribution >= 4 is 12.4 Å². The summed E-state index contributed by atoms with van der Waals surface area (Å²) in [4.78, 5) is 2.48. The zero-order valence-electron chi connectivity index (χ0n) is 11.2. The Morgan fingerprint density at radius 3 is 2.78 bits per heavy atom. The highest BCUT2D eigenvalue weighted by Crippen LogP contribution is 2.22. The predicted molar refractivity (Wildman–Crippen MR) is 77.4 cm³/mol. The average Bonchev–Trinajstić information content (AvgIpc) is 2.77. The molecule has 2 N–H and O–H groups in total.